The van der Waals surface area contributed by atoms with Gasteiger partial charge in [0.15, 0.2) is 12.6 Å². The number of hydrogen-bond donors (Lipinski definition) is 6. The Morgan fingerprint density at radius 2 is 1.57 bits per heavy atom. The number of benzene rings is 2. The average Bonchev–Trinajstić information content (AvgIpc) is 4.16. The number of hydrogen-bond acceptors (Lipinski definition) is 15. The molecule has 0 bridgehead atoms. The Kier molecular flexibility index (Phi) is 13.2. The second kappa shape index (κ2) is 19.0. The number of carbonyl (C=O) groups excluding carboxylic acids is 4. The van der Waals surface area contributed by atoms with Crippen LogP contribution in [0.5, 0.6) is 11.5 Å². The summed E-state index contributed by atoms with van der Waals surface area (Å²) in [5, 5.41) is 18.2. The molecule has 4 aliphatic heterocycles. The molecule has 2 saturated heterocycles. The summed E-state index contributed by atoms with van der Waals surface area (Å²) in [4.78, 5) is 64.1. The highest BCUT2D eigenvalue weighted by molar-refractivity contribution is 7.13. The van der Waals surface area contributed by atoms with Gasteiger partial charge in [-0.25, -0.2) is 4.98 Å². The van der Waals surface area contributed by atoms with Gasteiger partial charge in [-0.2, -0.15) is 5.10 Å². The fourth-order valence-electron chi connectivity index (χ4n) is 9.19. The second-order valence-corrected chi connectivity index (χ2v) is 18.1. The quantitative estimate of drug-likeness (QED) is 0.0616. The maximum Gasteiger partial charge on any atom is 0.272 e. The third kappa shape index (κ3) is 9.41. The van der Waals surface area contributed by atoms with Crippen LogP contribution in [0.1, 0.15) is 90.4 Å². The number of nitrogens with one attached hydrogen (secondary N) is 4. The number of amides is 4. The first kappa shape index (κ1) is 45.2. The van der Waals surface area contributed by atoms with Crippen LogP contribution < -0.4 is 52.0 Å². The Morgan fingerprint density at radius 1 is 0.923 bits per heavy atom. The number of ether oxygens (including phenoxy) is 3. The van der Waals surface area contributed by atoms with E-state index in [2.05, 4.69) is 36.2 Å². The molecule has 0 saturated carbocycles. The van der Waals surface area contributed by atoms with E-state index in [1.165, 1.54) is 18.4 Å². The van der Waals surface area contributed by atoms with Crippen molar-refractivity contribution < 1.29 is 33.4 Å². The van der Waals surface area contributed by atoms with Crippen LogP contribution in [0.25, 0.3) is 0 Å². The van der Waals surface area contributed by atoms with Crippen molar-refractivity contribution in [3.8, 4) is 11.5 Å². The van der Waals surface area contributed by atoms with Gasteiger partial charge >= 0.3 is 0 Å². The van der Waals surface area contributed by atoms with Crippen molar-refractivity contribution in [1.29, 1.82) is 0 Å². The van der Waals surface area contributed by atoms with E-state index in [4.69, 9.17) is 25.7 Å². The molecule has 4 aromatic rings. The first-order chi connectivity index (χ1) is 31.3. The van der Waals surface area contributed by atoms with E-state index in [1.54, 1.807) is 35.0 Å². The van der Waals surface area contributed by atoms with E-state index < -0.39 is 24.4 Å². The Morgan fingerprint density at radius 3 is 2.17 bits per heavy atom. The molecular weight excluding hydrogens is 853 g/mol. The molecule has 2 aromatic heterocycles. The summed E-state index contributed by atoms with van der Waals surface area (Å²) in [5.74, 6) is -1.04. The van der Waals surface area contributed by atoms with Crippen LogP contribution in [-0.4, -0.2) is 116 Å². The van der Waals surface area contributed by atoms with Crippen molar-refractivity contribution in [3.05, 3.63) is 80.6 Å². The molecule has 2 aromatic carbocycles. The Hall–Kier alpha value is -6.38. The van der Waals surface area contributed by atoms with E-state index in [0.29, 0.717) is 75.8 Å². The Balaban J connectivity index is 1.06. The van der Waals surface area contributed by atoms with Crippen molar-refractivity contribution in [1.82, 2.24) is 30.3 Å². The second-order valence-electron chi connectivity index (χ2n) is 16.9. The predicted molar refractivity (Wildman–Crippen MR) is 248 cm³/mol. The minimum Gasteiger partial charge on any atom is -0.494 e. The summed E-state index contributed by atoms with van der Waals surface area (Å²) in [6.45, 7) is 13.6. The molecule has 0 aliphatic carbocycles. The molecular formula is C45H58N12O7S. The van der Waals surface area contributed by atoms with Gasteiger partial charge in [0, 0.05) is 55.9 Å². The number of carbonyl (C=O) groups is 4. The molecule has 1 spiro atoms. The predicted octanol–water partition coefficient (Wildman–Crippen LogP) is 3.77. The number of aromatic nitrogens is 3. The lowest BCUT2D eigenvalue weighted by molar-refractivity contribution is 0.0926. The molecule has 4 aliphatic rings. The number of nitrogens with zero attached hydrogens (tertiary/aromatic N) is 6. The number of anilines is 4. The first-order valence-corrected chi connectivity index (χ1v) is 22.9. The maximum atomic E-state index is 14.0. The minimum absolute atomic E-state index is 0.240. The van der Waals surface area contributed by atoms with Gasteiger partial charge < -0.3 is 61.6 Å². The van der Waals surface area contributed by atoms with E-state index in [9.17, 15) is 19.2 Å². The van der Waals surface area contributed by atoms with Gasteiger partial charge in [-0.15, -0.1) is 11.3 Å². The number of likely N-dealkylation sites (tertiary alicyclic amines) is 1. The first-order valence-electron chi connectivity index (χ1n) is 22.1. The van der Waals surface area contributed by atoms with Gasteiger partial charge in [0.25, 0.3) is 11.8 Å². The summed E-state index contributed by atoms with van der Waals surface area (Å²) in [5.41, 5.74) is 16.5. The maximum absolute atomic E-state index is 14.0. The van der Waals surface area contributed by atoms with Gasteiger partial charge in [-0.1, -0.05) is 19.1 Å². The molecule has 20 heteroatoms. The highest BCUT2D eigenvalue weighted by Gasteiger charge is 2.41. The summed E-state index contributed by atoms with van der Waals surface area (Å²) in [6.07, 6.45) is 5.95. The average molecular weight is 911 g/mol. The molecule has 3 unspecified atom stereocenters. The summed E-state index contributed by atoms with van der Waals surface area (Å²) in [6, 6.07) is 8.26. The fourth-order valence-corrected chi connectivity index (χ4v) is 10.1. The molecule has 3 atom stereocenters. The molecule has 19 nitrogen and oxygen atoms in total. The van der Waals surface area contributed by atoms with E-state index in [-0.39, 0.29) is 41.4 Å². The standard InChI is InChI=1S/C45H58N12O7S/c1-6-30-38(65-27(4)48-30)42(61)52-44-50-32-21-29(40(47)59)23-35(64-17-10-13-54-16-11-45(24-54)12-18-63-25-45)37(32)56(44)15-9-8-14-55-36-31(20-28(39(46)58)22-34(36)62-5)49-43(55)51-41(60)33-19-26(3)53-57(33)7-2/h8-9,19-23,43-44,49-50H,6-7,10-18,24-25H2,1-5H3,(H2,46,58)(H2,47,59)(H,51,60)(H,52,61)/b9-8+. The van der Waals surface area contributed by atoms with Crippen LogP contribution in [-0.2, 0) is 17.7 Å². The molecule has 4 amide bonds. The van der Waals surface area contributed by atoms with Crippen LogP contribution in [0.3, 0.4) is 0 Å². The van der Waals surface area contributed by atoms with Crippen molar-refractivity contribution >= 4 is 57.7 Å². The van der Waals surface area contributed by atoms with Crippen LogP contribution in [0.15, 0.2) is 42.5 Å². The Bertz CT molecular complexity index is 2500. The number of rotatable bonds is 18. The zero-order valence-electron chi connectivity index (χ0n) is 37.5. The number of fused-ring (bicyclic) bond motifs is 2. The number of nitrogens with two attached hydrogens (primary N) is 2. The van der Waals surface area contributed by atoms with Gasteiger partial charge in [0.1, 0.15) is 33.4 Å². The van der Waals surface area contributed by atoms with Gasteiger partial charge in [-0.05, 0) is 83.3 Å². The Labute approximate surface area is 381 Å². The topological polar surface area (TPSA) is 237 Å². The molecule has 6 heterocycles. The number of methoxy groups -OCH3 is 1. The van der Waals surface area contributed by atoms with Crippen LogP contribution in [0.2, 0.25) is 0 Å². The molecule has 346 valence electrons. The number of primary amides is 2. The summed E-state index contributed by atoms with van der Waals surface area (Å²) >= 11 is 1.33. The smallest absolute Gasteiger partial charge is 0.272 e. The SMILES string of the molecule is CCc1nc(C)sc1C(=O)NC1Nc2cc(C(N)=O)cc(OCCCN3CCC4(CCOC4)C3)c2N1C/C=C/CN1c2c(cc(C(N)=O)cc2OC)NC1NC(=O)c1cc(C)nn1CC. The molecule has 8 rings (SSSR count). The third-order valence-electron chi connectivity index (χ3n) is 12.4. The van der Waals surface area contributed by atoms with Crippen molar-refractivity contribution in [2.24, 2.45) is 16.9 Å². The highest BCUT2D eigenvalue weighted by Crippen LogP contribution is 2.45. The van der Waals surface area contributed by atoms with E-state index in [1.807, 2.05) is 49.6 Å². The minimum atomic E-state index is -0.763. The lowest BCUT2D eigenvalue weighted by Gasteiger charge is -2.28. The third-order valence-corrected chi connectivity index (χ3v) is 13.4. The zero-order valence-corrected chi connectivity index (χ0v) is 38.3. The summed E-state index contributed by atoms with van der Waals surface area (Å²) < 4.78 is 19.6. The zero-order chi connectivity index (χ0) is 46.0. The normalized spacial score (nSPS) is 20.0. The molecule has 8 N–H and O–H groups in total. The van der Waals surface area contributed by atoms with E-state index in [0.717, 1.165) is 57.1 Å². The van der Waals surface area contributed by atoms with Crippen molar-refractivity contribution in [2.45, 2.75) is 72.5 Å². The van der Waals surface area contributed by atoms with Gasteiger partial charge in [0.05, 0.1) is 48.1 Å². The van der Waals surface area contributed by atoms with Gasteiger partial charge in [0.2, 0.25) is 11.8 Å². The molecule has 65 heavy (non-hydrogen) atoms. The lowest BCUT2D eigenvalue weighted by Crippen LogP contribution is -2.50. The fraction of sp³-hybridized carbons (Fsp3) is 0.467. The number of aryl methyl sites for hydroxylation is 4. The van der Waals surface area contributed by atoms with Crippen molar-refractivity contribution in [2.75, 3.05) is 80.1 Å². The van der Waals surface area contributed by atoms with Crippen LogP contribution in [0, 0.1) is 19.3 Å². The molecule has 0 radical (unpaired) electrons. The highest BCUT2D eigenvalue weighted by atomic mass is 32.1. The van der Waals surface area contributed by atoms with Crippen LogP contribution >= 0.6 is 11.3 Å². The lowest BCUT2D eigenvalue weighted by atomic mass is 9.87. The van der Waals surface area contributed by atoms with Gasteiger partial charge in [-0.3, -0.25) is 23.9 Å². The van der Waals surface area contributed by atoms with E-state index >= 15 is 0 Å². The van der Waals surface area contributed by atoms with Crippen LogP contribution in [0.4, 0.5) is 22.7 Å². The summed E-state index contributed by atoms with van der Waals surface area (Å²) in [7, 11) is 1.50. The van der Waals surface area contributed by atoms with Crippen molar-refractivity contribution in [3.63, 3.8) is 0 Å². The number of thiazole rings is 1. The monoisotopic (exact) mass is 910 g/mol. The largest absolute Gasteiger partial charge is 0.494 e. The molecule has 2 fully saturated rings.